The topological polar surface area (TPSA) is 50.7 Å². The maximum Gasteiger partial charge on any atom is 0.272 e. The van der Waals surface area contributed by atoms with Crippen LogP contribution in [-0.4, -0.2) is 14.8 Å². The van der Waals surface area contributed by atoms with Crippen LogP contribution in [0.5, 0.6) is 0 Å². The zero-order valence-corrected chi connectivity index (χ0v) is 5.60. The number of hydrogen-bond acceptors (Lipinski definition) is 3. The normalized spacial score (nSPS) is 9.44. The molecule has 0 unspecified atom stereocenters. The van der Waals surface area contributed by atoms with E-state index in [4.69, 9.17) is 0 Å². The van der Waals surface area contributed by atoms with Crippen LogP contribution in [0.4, 0.5) is 0 Å². The Balaban J connectivity index is 3.62. The summed E-state index contributed by atoms with van der Waals surface area (Å²) in [4.78, 5) is 10.7. The molecule has 9 heavy (non-hydrogen) atoms. The lowest BCUT2D eigenvalue weighted by Gasteiger charge is -1.90. The van der Waals surface area contributed by atoms with E-state index in [1.54, 1.807) is 7.05 Å². The van der Waals surface area contributed by atoms with Crippen molar-refractivity contribution in [3.8, 4) is 0 Å². The van der Waals surface area contributed by atoms with Crippen molar-refractivity contribution in [2.24, 2.45) is 7.05 Å². The van der Waals surface area contributed by atoms with E-state index in [9.17, 15) is 4.79 Å². The van der Waals surface area contributed by atoms with Crippen LogP contribution >= 0.6 is 12.2 Å². The molecule has 0 radical (unpaired) electrons. The van der Waals surface area contributed by atoms with E-state index in [-0.39, 0.29) is 5.56 Å². The lowest BCUT2D eigenvalue weighted by atomic mass is 10.8. The monoisotopic (exact) mass is 143 g/mol. The summed E-state index contributed by atoms with van der Waals surface area (Å²) >= 11 is 4.69. The average Bonchev–Trinajstić information content (AvgIpc) is 1.83. The third-order valence-electron chi connectivity index (χ3n) is 0.970. The molecule has 0 aliphatic carbocycles. The van der Waals surface area contributed by atoms with Crippen molar-refractivity contribution in [1.82, 2.24) is 14.8 Å². The fourth-order valence-electron chi connectivity index (χ4n) is 0.404. The molecule has 0 aliphatic heterocycles. The van der Waals surface area contributed by atoms with Crippen molar-refractivity contribution in [3.05, 3.63) is 21.3 Å². The smallest absolute Gasteiger partial charge is 0.272 e. The van der Waals surface area contributed by atoms with Gasteiger partial charge in [0.1, 0.15) is 6.20 Å². The number of hydrogen-bond donors (Lipinski definition) is 1. The molecule has 4 nitrogen and oxygen atoms in total. The predicted octanol–water partition coefficient (Wildman–Crippen LogP) is -0.162. The van der Waals surface area contributed by atoms with E-state index in [2.05, 4.69) is 22.4 Å². The number of aromatic nitrogens is 3. The SMILES string of the molecule is Cn1c(=O)cn[nH]c1=S. The highest BCUT2D eigenvalue weighted by molar-refractivity contribution is 7.71. The van der Waals surface area contributed by atoms with Gasteiger partial charge in [-0.1, -0.05) is 0 Å². The summed E-state index contributed by atoms with van der Waals surface area (Å²) in [7, 11) is 1.59. The summed E-state index contributed by atoms with van der Waals surface area (Å²) in [5.74, 6) is 0. The third kappa shape index (κ3) is 1.05. The molecule has 0 atom stereocenters. The molecule has 0 bridgehead atoms. The number of aromatic amines is 1. The molecular weight excluding hydrogens is 138 g/mol. The average molecular weight is 143 g/mol. The Bertz CT molecular complexity index is 284. The fourth-order valence-corrected chi connectivity index (χ4v) is 0.547. The van der Waals surface area contributed by atoms with Crippen molar-refractivity contribution < 1.29 is 0 Å². The van der Waals surface area contributed by atoms with E-state index in [1.165, 1.54) is 10.8 Å². The van der Waals surface area contributed by atoms with Gasteiger partial charge >= 0.3 is 0 Å². The lowest BCUT2D eigenvalue weighted by molar-refractivity contribution is 0.755. The summed E-state index contributed by atoms with van der Waals surface area (Å²) < 4.78 is 1.64. The zero-order chi connectivity index (χ0) is 6.85. The first-order valence-corrected chi connectivity index (χ1v) is 2.73. The number of nitrogens with one attached hydrogen (secondary N) is 1. The molecule has 0 amide bonds. The lowest BCUT2D eigenvalue weighted by Crippen LogP contribution is -2.17. The van der Waals surface area contributed by atoms with E-state index in [1.807, 2.05) is 0 Å². The summed E-state index contributed by atoms with van der Waals surface area (Å²) in [5, 5.41) is 5.95. The minimum atomic E-state index is -0.196. The molecule has 0 aliphatic rings. The molecule has 0 saturated heterocycles. The second kappa shape index (κ2) is 2.10. The van der Waals surface area contributed by atoms with E-state index in [0.717, 1.165) is 0 Å². The Labute approximate surface area is 56.2 Å². The zero-order valence-electron chi connectivity index (χ0n) is 4.79. The molecule has 1 rings (SSSR count). The van der Waals surface area contributed by atoms with Gasteiger partial charge in [-0.15, -0.1) is 0 Å². The van der Waals surface area contributed by atoms with Gasteiger partial charge in [-0.25, -0.2) is 0 Å². The highest BCUT2D eigenvalue weighted by Crippen LogP contribution is 1.70. The van der Waals surface area contributed by atoms with Crippen LogP contribution in [0, 0.1) is 4.77 Å². The van der Waals surface area contributed by atoms with Crippen LogP contribution in [0.3, 0.4) is 0 Å². The Morgan fingerprint density at radius 2 is 2.56 bits per heavy atom. The molecule has 1 aromatic rings. The number of rotatable bonds is 0. The van der Waals surface area contributed by atoms with E-state index >= 15 is 0 Å². The van der Waals surface area contributed by atoms with Crippen LogP contribution in [-0.2, 0) is 7.05 Å². The van der Waals surface area contributed by atoms with Gasteiger partial charge in [0.05, 0.1) is 0 Å². The van der Waals surface area contributed by atoms with Crippen LogP contribution in [0.15, 0.2) is 11.0 Å². The molecule has 0 saturated carbocycles. The molecule has 1 N–H and O–H groups in total. The molecule has 5 heteroatoms. The van der Waals surface area contributed by atoms with Crippen molar-refractivity contribution in [3.63, 3.8) is 0 Å². The van der Waals surface area contributed by atoms with Gasteiger partial charge in [-0.2, -0.15) is 5.10 Å². The Morgan fingerprint density at radius 1 is 1.89 bits per heavy atom. The van der Waals surface area contributed by atoms with Gasteiger partial charge in [-0.05, 0) is 12.2 Å². The van der Waals surface area contributed by atoms with Gasteiger partial charge in [0, 0.05) is 7.05 Å². The van der Waals surface area contributed by atoms with Crippen LogP contribution in [0.1, 0.15) is 0 Å². The molecule has 48 valence electrons. The Kier molecular flexibility index (Phi) is 1.44. The van der Waals surface area contributed by atoms with Crippen LogP contribution < -0.4 is 5.56 Å². The minimum Gasteiger partial charge on any atom is -0.286 e. The maximum absolute atomic E-state index is 10.7. The highest BCUT2D eigenvalue weighted by Gasteiger charge is 1.86. The fraction of sp³-hybridized carbons (Fsp3) is 0.250. The predicted molar refractivity (Wildman–Crippen MR) is 34.7 cm³/mol. The van der Waals surface area contributed by atoms with Crippen LogP contribution in [0.2, 0.25) is 0 Å². The van der Waals surface area contributed by atoms with Crippen LogP contribution in [0.25, 0.3) is 0 Å². The minimum absolute atomic E-state index is 0.196. The first-order chi connectivity index (χ1) is 4.22. The molecular formula is C4H5N3OS. The third-order valence-corrected chi connectivity index (χ3v) is 1.34. The number of nitrogens with zero attached hydrogens (tertiary/aromatic N) is 2. The first-order valence-electron chi connectivity index (χ1n) is 2.32. The van der Waals surface area contributed by atoms with Gasteiger partial charge < -0.3 is 0 Å². The molecule has 1 heterocycles. The van der Waals surface area contributed by atoms with E-state index in [0.29, 0.717) is 4.77 Å². The van der Waals surface area contributed by atoms with Crippen molar-refractivity contribution in [1.29, 1.82) is 0 Å². The van der Waals surface area contributed by atoms with Gasteiger partial charge in [0.25, 0.3) is 5.56 Å². The van der Waals surface area contributed by atoms with Gasteiger partial charge in [0.2, 0.25) is 0 Å². The summed E-state index contributed by atoms with van der Waals surface area (Å²) in [6.07, 6.45) is 1.18. The second-order valence-corrected chi connectivity index (χ2v) is 1.96. The summed E-state index contributed by atoms with van der Waals surface area (Å²) in [5.41, 5.74) is -0.196. The maximum atomic E-state index is 10.7. The second-order valence-electron chi connectivity index (χ2n) is 1.57. The largest absolute Gasteiger partial charge is 0.286 e. The first kappa shape index (κ1) is 6.15. The standard InChI is InChI=1S/C4H5N3OS/c1-7-3(8)2-5-6-4(7)9/h2H,1H3,(H,6,9). The van der Waals surface area contributed by atoms with Crippen molar-refractivity contribution in [2.75, 3.05) is 0 Å². The van der Waals surface area contributed by atoms with Crippen molar-refractivity contribution in [2.45, 2.75) is 0 Å². The van der Waals surface area contributed by atoms with Crippen molar-refractivity contribution >= 4 is 12.2 Å². The summed E-state index contributed by atoms with van der Waals surface area (Å²) in [6, 6.07) is 0. The van der Waals surface area contributed by atoms with Gasteiger partial charge in [-0.3, -0.25) is 14.5 Å². The Morgan fingerprint density at radius 3 is 3.00 bits per heavy atom. The summed E-state index contributed by atoms with van der Waals surface area (Å²) in [6.45, 7) is 0. The quantitative estimate of drug-likeness (QED) is 0.513. The highest BCUT2D eigenvalue weighted by atomic mass is 32.1. The van der Waals surface area contributed by atoms with Gasteiger partial charge in [0.15, 0.2) is 4.77 Å². The molecule has 0 aromatic carbocycles. The molecule has 0 fully saturated rings. The molecule has 1 aromatic heterocycles. The molecule has 0 spiro atoms. The Hall–Kier alpha value is -0.970. The van der Waals surface area contributed by atoms with E-state index < -0.39 is 0 Å². The number of H-pyrrole nitrogens is 1.